The van der Waals surface area contributed by atoms with E-state index in [1.165, 1.54) is 6.07 Å². The fourth-order valence-corrected chi connectivity index (χ4v) is 2.70. The van der Waals surface area contributed by atoms with E-state index in [-0.39, 0.29) is 5.52 Å². The zero-order chi connectivity index (χ0) is 15.1. The largest absolute Gasteiger partial charge is 0.496 e. The zero-order valence-electron chi connectivity index (χ0n) is 11.4. The van der Waals surface area contributed by atoms with Crippen LogP contribution in [0.5, 0.6) is 5.75 Å². The number of aromatic nitrogens is 2. The van der Waals surface area contributed by atoms with Crippen molar-refractivity contribution in [2.24, 2.45) is 0 Å². The molecule has 0 aliphatic heterocycles. The van der Waals surface area contributed by atoms with Crippen LogP contribution >= 0.6 is 12.2 Å². The standard InChI is InChI=1S/C15H12F2N2OS/c1-8-5-10(3-4-13(8)20-2)19-12-7-9(16)6-11(17)14(12)18-15(19)21/h3-7H,1-2H3,(H,18,21). The van der Waals surface area contributed by atoms with E-state index in [1.54, 1.807) is 23.8 Å². The third-order valence-electron chi connectivity index (χ3n) is 3.35. The number of rotatable bonds is 2. The van der Waals surface area contributed by atoms with Gasteiger partial charge in [-0.25, -0.2) is 8.78 Å². The Morgan fingerprint density at radius 3 is 2.62 bits per heavy atom. The number of nitrogens with one attached hydrogen (secondary N) is 1. The number of aryl methyl sites for hydroxylation is 1. The molecule has 0 unspecified atom stereocenters. The molecule has 0 atom stereocenters. The van der Waals surface area contributed by atoms with Crippen molar-refractivity contribution in [3.63, 3.8) is 0 Å². The van der Waals surface area contributed by atoms with Gasteiger partial charge in [-0.2, -0.15) is 0 Å². The van der Waals surface area contributed by atoms with E-state index in [0.29, 0.717) is 10.3 Å². The first kappa shape index (κ1) is 13.8. The third kappa shape index (κ3) is 2.21. The molecular formula is C15H12F2N2OS. The zero-order valence-corrected chi connectivity index (χ0v) is 12.2. The van der Waals surface area contributed by atoms with Crippen molar-refractivity contribution in [2.45, 2.75) is 6.92 Å². The highest BCUT2D eigenvalue weighted by molar-refractivity contribution is 7.71. The van der Waals surface area contributed by atoms with E-state index < -0.39 is 11.6 Å². The topological polar surface area (TPSA) is 29.9 Å². The predicted molar refractivity (Wildman–Crippen MR) is 79.7 cm³/mol. The lowest BCUT2D eigenvalue weighted by molar-refractivity contribution is 0.411. The van der Waals surface area contributed by atoms with Crippen molar-refractivity contribution in [3.8, 4) is 11.4 Å². The van der Waals surface area contributed by atoms with Gasteiger partial charge in [0.15, 0.2) is 10.6 Å². The number of imidazole rings is 1. The number of H-pyrrole nitrogens is 1. The first-order valence-electron chi connectivity index (χ1n) is 6.26. The molecule has 3 rings (SSSR count). The second-order valence-electron chi connectivity index (χ2n) is 4.70. The highest BCUT2D eigenvalue weighted by Gasteiger charge is 2.13. The number of fused-ring (bicyclic) bond motifs is 1. The van der Waals surface area contributed by atoms with Crippen LogP contribution in [0.4, 0.5) is 8.78 Å². The number of aromatic amines is 1. The summed E-state index contributed by atoms with van der Waals surface area (Å²) >= 11 is 5.23. The molecule has 0 spiro atoms. The van der Waals surface area contributed by atoms with Gasteiger partial charge in [-0.1, -0.05) is 0 Å². The smallest absolute Gasteiger partial charge is 0.182 e. The van der Waals surface area contributed by atoms with E-state index in [9.17, 15) is 8.78 Å². The molecular weight excluding hydrogens is 294 g/mol. The second-order valence-corrected chi connectivity index (χ2v) is 5.09. The van der Waals surface area contributed by atoms with Gasteiger partial charge in [0.05, 0.1) is 12.6 Å². The van der Waals surface area contributed by atoms with E-state index in [1.807, 2.05) is 13.0 Å². The minimum atomic E-state index is -0.667. The summed E-state index contributed by atoms with van der Waals surface area (Å²) < 4.78 is 34.4. The monoisotopic (exact) mass is 306 g/mol. The minimum absolute atomic E-state index is 0.190. The Morgan fingerprint density at radius 2 is 1.95 bits per heavy atom. The van der Waals surface area contributed by atoms with Crippen molar-refractivity contribution in [1.29, 1.82) is 0 Å². The lowest BCUT2D eigenvalue weighted by Crippen LogP contribution is -1.96. The first-order chi connectivity index (χ1) is 10.0. The third-order valence-corrected chi connectivity index (χ3v) is 3.63. The maximum absolute atomic E-state index is 13.8. The summed E-state index contributed by atoms with van der Waals surface area (Å²) in [6, 6.07) is 7.52. The number of hydrogen-bond acceptors (Lipinski definition) is 2. The summed E-state index contributed by atoms with van der Waals surface area (Å²) in [4.78, 5) is 2.77. The fourth-order valence-electron chi connectivity index (χ4n) is 2.39. The average molecular weight is 306 g/mol. The molecule has 3 aromatic rings. The first-order valence-corrected chi connectivity index (χ1v) is 6.67. The lowest BCUT2D eigenvalue weighted by Gasteiger charge is -2.09. The highest BCUT2D eigenvalue weighted by atomic mass is 32.1. The van der Waals surface area contributed by atoms with E-state index in [2.05, 4.69) is 4.98 Å². The summed E-state index contributed by atoms with van der Waals surface area (Å²) in [5.74, 6) is -0.574. The van der Waals surface area contributed by atoms with Crippen LogP contribution in [0.1, 0.15) is 5.56 Å². The van der Waals surface area contributed by atoms with Crippen LogP contribution in [-0.4, -0.2) is 16.7 Å². The molecule has 1 N–H and O–H groups in total. The van der Waals surface area contributed by atoms with Crippen LogP contribution in [0.2, 0.25) is 0 Å². The van der Waals surface area contributed by atoms with Crippen molar-refractivity contribution in [2.75, 3.05) is 7.11 Å². The number of methoxy groups -OCH3 is 1. The Hall–Kier alpha value is -2.21. The molecule has 21 heavy (non-hydrogen) atoms. The maximum atomic E-state index is 13.8. The minimum Gasteiger partial charge on any atom is -0.496 e. The quantitative estimate of drug-likeness (QED) is 0.716. The molecule has 108 valence electrons. The summed E-state index contributed by atoms with van der Waals surface area (Å²) in [5.41, 5.74) is 2.18. The Bertz CT molecular complexity index is 899. The Balaban J connectivity index is 2.32. The molecule has 0 amide bonds. The normalized spacial score (nSPS) is 11.0. The van der Waals surface area contributed by atoms with Crippen LogP contribution < -0.4 is 4.74 Å². The van der Waals surface area contributed by atoms with Crippen LogP contribution in [-0.2, 0) is 0 Å². The second kappa shape index (κ2) is 4.96. The molecule has 0 fully saturated rings. The van der Waals surface area contributed by atoms with Crippen molar-refractivity contribution in [3.05, 3.63) is 52.3 Å². The van der Waals surface area contributed by atoms with Gasteiger partial charge in [0.2, 0.25) is 0 Å². The number of ether oxygens (including phenoxy) is 1. The molecule has 0 bridgehead atoms. The van der Waals surface area contributed by atoms with Crippen molar-refractivity contribution < 1.29 is 13.5 Å². The Morgan fingerprint density at radius 1 is 1.19 bits per heavy atom. The summed E-state index contributed by atoms with van der Waals surface area (Å²) in [5, 5.41) is 0. The van der Waals surface area contributed by atoms with Crippen LogP contribution in [0, 0.1) is 23.3 Å². The van der Waals surface area contributed by atoms with Gasteiger partial charge in [-0.05, 0) is 42.9 Å². The molecule has 0 aliphatic rings. The fraction of sp³-hybridized carbons (Fsp3) is 0.133. The van der Waals surface area contributed by atoms with E-state index >= 15 is 0 Å². The van der Waals surface area contributed by atoms with Crippen LogP contribution in [0.15, 0.2) is 30.3 Å². The molecule has 6 heteroatoms. The predicted octanol–water partition coefficient (Wildman–Crippen LogP) is 4.28. The number of nitrogens with zero attached hydrogens (tertiary/aromatic N) is 1. The molecule has 0 radical (unpaired) electrons. The average Bonchev–Trinajstić information content (AvgIpc) is 2.75. The van der Waals surface area contributed by atoms with E-state index in [0.717, 1.165) is 23.1 Å². The van der Waals surface area contributed by atoms with Crippen molar-refractivity contribution in [1.82, 2.24) is 9.55 Å². The summed E-state index contributed by atoms with van der Waals surface area (Å²) in [6.45, 7) is 1.89. The maximum Gasteiger partial charge on any atom is 0.182 e. The summed E-state index contributed by atoms with van der Waals surface area (Å²) in [6.07, 6.45) is 0. The lowest BCUT2D eigenvalue weighted by atomic mass is 10.2. The van der Waals surface area contributed by atoms with Gasteiger partial charge < -0.3 is 9.72 Å². The molecule has 2 aromatic carbocycles. The van der Waals surface area contributed by atoms with Crippen LogP contribution in [0.25, 0.3) is 16.7 Å². The van der Waals surface area contributed by atoms with Gasteiger partial charge in [0, 0.05) is 17.8 Å². The summed E-state index contributed by atoms with van der Waals surface area (Å²) in [7, 11) is 1.59. The van der Waals surface area contributed by atoms with Crippen LogP contribution in [0.3, 0.4) is 0 Å². The molecule has 0 saturated heterocycles. The number of hydrogen-bond donors (Lipinski definition) is 1. The SMILES string of the molecule is COc1ccc(-n2c(=S)[nH]c3c(F)cc(F)cc32)cc1C. The van der Waals surface area contributed by atoms with Gasteiger partial charge in [0.25, 0.3) is 0 Å². The van der Waals surface area contributed by atoms with Crippen molar-refractivity contribution >= 4 is 23.3 Å². The molecule has 0 aliphatic carbocycles. The van der Waals surface area contributed by atoms with Gasteiger partial charge in [-0.3, -0.25) is 4.57 Å². The van der Waals surface area contributed by atoms with Gasteiger partial charge in [-0.15, -0.1) is 0 Å². The van der Waals surface area contributed by atoms with Gasteiger partial charge in [0.1, 0.15) is 17.1 Å². The highest BCUT2D eigenvalue weighted by Crippen LogP contribution is 2.26. The van der Waals surface area contributed by atoms with E-state index in [4.69, 9.17) is 17.0 Å². The molecule has 1 heterocycles. The Labute approximate surface area is 124 Å². The molecule has 1 aromatic heterocycles. The molecule has 3 nitrogen and oxygen atoms in total. The van der Waals surface area contributed by atoms with Gasteiger partial charge >= 0.3 is 0 Å². The number of benzene rings is 2. The number of halogens is 2. The Kier molecular flexibility index (Phi) is 3.25. The molecule has 0 saturated carbocycles.